The smallest absolute Gasteiger partial charge is 0.251 e. The van der Waals surface area contributed by atoms with Crippen LogP contribution in [0.3, 0.4) is 0 Å². The molecule has 27 heavy (non-hydrogen) atoms. The van der Waals surface area contributed by atoms with Crippen molar-refractivity contribution in [1.29, 1.82) is 0 Å². The van der Waals surface area contributed by atoms with Crippen LogP contribution in [-0.2, 0) is 14.8 Å². The van der Waals surface area contributed by atoms with Gasteiger partial charge in [0.15, 0.2) is 0 Å². The number of sulfonamides is 1. The number of nitrogens with zero attached hydrogens (tertiary/aromatic N) is 1. The zero-order chi connectivity index (χ0) is 19.7. The molecular formula is C20H26N2O4S. The van der Waals surface area contributed by atoms with E-state index in [1.54, 1.807) is 32.0 Å². The van der Waals surface area contributed by atoms with Gasteiger partial charge in [-0.1, -0.05) is 17.7 Å². The van der Waals surface area contributed by atoms with Gasteiger partial charge in [-0.05, 0) is 64.2 Å². The molecule has 6 nitrogen and oxygen atoms in total. The third-order valence-corrected chi connectivity index (χ3v) is 7.06. The van der Waals surface area contributed by atoms with Crippen molar-refractivity contribution in [2.24, 2.45) is 5.41 Å². The Morgan fingerprint density at radius 1 is 1.26 bits per heavy atom. The molecule has 1 saturated heterocycles. The van der Waals surface area contributed by atoms with Gasteiger partial charge in [0, 0.05) is 12.1 Å². The second-order valence-corrected chi connectivity index (χ2v) is 9.69. The summed E-state index contributed by atoms with van der Waals surface area (Å²) in [5.41, 5.74) is 0.975. The van der Waals surface area contributed by atoms with Gasteiger partial charge < -0.3 is 5.32 Å². The number of anilines is 1. The Hall–Kier alpha value is -2.15. The van der Waals surface area contributed by atoms with Crippen molar-refractivity contribution in [2.45, 2.75) is 46.0 Å². The fraction of sp³-hybridized carbons (Fsp3) is 0.500. The molecule has 0 aromatic heterocycles. The van der Waals surface area contributed by atoms with E-state index in [0.29, 0.717) is 12.1 Å². The predicted molar refractivity (Wildman–Crippen MR) is 105 cm³/mol. The van der Waals surface area contributed by atoms with E-state index in [1.807, 2.05) is 0 Å². The minimum absolute atomic E-state index is 0.216. The monoisotopic (exact) mass is 390 g/mol. The number of hydrogen-bond acceptors (Lipinski definition) is 4. The highest BCUT2D eigenvalue weighted by Crippen LogP contribution is 2.35. The maximum atomic E-state index is 12.5. The van der Waals surface area contributed by atoms with E-state index in [1.165, 1.54) is 24.5 Å². The van der Waals surface area contributed by atoms with Gasteiger partial charge in [-0.3, -0.25) is 9.59 Å². The van der Waals surface area contributed by atoms with Crippen LogP contribution in [0.4, 0.5) is 5.69 Å². The second kappa shape index (κ2) is 7.46. The lowest BCUT2D eigenvalue weighted by Crippen LogP contribution is -2.33. The molecule has 7 heteroatoms. The molecule has 0 saturated carbocycles. The largest absolute Gasteiger partial charge is 0.352 e. The number of nitrogens with one attached hydrogen (secondary N) is 1. The van der Waals surface area contributed by atoms with Gasteiger partial charge in [-0.2, -0.15) is 0 Å². The molecule has 0 spiro atoms. The number of amides is 2. The summed E-state index contributed by atoms with van der Waals surface area (Å²) in [7, 11) is -3.73. The van der Waals surface area contributed by atoms with E-state index >= 15 is 0 Å². The van der Waals surface area contributed by atoms with Crippen molar-refractivity contribution in [2.75, 3.05) is 16.6 Å². The number of carbonyl (C=O) groups is 2. The minimum atomic E-state index is -3.73. The highest BCUT2D eigenvalue weighted by atomic mass is 32.2. The SMILES string of the molecule is CC1(C)CS(=O)(=O)N(c2cccc(C(=O)NCCC3=CCCCC3)c2)C1=O. The number of carbonyl (C=O) groups excluding carboxylic acids is 2. The number of benzene rings is 1. The molecule has 1 heterocycles. The molecule has 1 N–H and O–H groups in total. The number of rotatable bonds is 5. The lowest BCUT2D eigenvalue weighted by atomic mass is 9.95. The molecule has 1 aliphatic heterocycles. The van der Waals surface area contributed by atoms with Crippen LogP contribution in [0.15, 0.2) is 35.9 Å². The highest BCUT2D eigenvalue weighted by molar-refractivity contribution is 7.94. The van der Waals surface area contributed by atoms with Crippen molar-refractivity contribution in [1.82, 2.24) is 5.32 Å². The molecular weight excluding hydrogens is 364 g/mol. The average Bonchev–Trinajstić information content (AvgIpc) is 2.78. The van der Waals surface area contributed by atoms with E-state index < -0.39 is 21.3 Å². The summed E-state index contributed by atoms with van der Waals surface area (Å²) in [6.07, 6.45) is 7.73. The van der Waals surface area contributed by atoms with Crippen LogP contribution < -0.4 is 9.62 Å². The second-order valence-electron chi connectivity index (χ2n) is 7.87. The number of allylic oxidation sites excluding steroid dienone is 1. The van der Waals surface area contributed by atoms with E-state index in [0.717, 1.165) is 23.6 Å². The third kappa shape index (κ3) is 4.24. The van der Waals surface area contributed by atoms with Crippen molar-refractivity contribution >= 4 is 27.5 Å². The van der Waals surface area contributed by atoms with E-state index in [4.69, 9.17) is 0 Å². The normalized spacial score (nSPS) is 21.0. The van der Waals surface area contributed by atoms with Crippen LogP contribution >= 0.6 is 0 Å². The van der Waals surface area contributed by atoms with Crippen molar-refractivity contribution in [3.05, 3.63) is 41.5 Å². The fourth-order valence-corrected chi connectivity index (χ4v) is 5.70. The fourth-order valence-electron chi connectivity index (χ4n) is 3.61. The van der Waals surface area contributed by atoms with Crippen LogP contribution in [0.1, 0.15) is 56.3 Å². The minimum Gasteiger partial charge on any atom is -0.352 e. The van der Waals surface area contributed by atoms with Gasteiger partial charge in [-0.25, -0.2) is 12.7 Å². The summed E-state index contributed by atoms with van der Waals surface area (Å²) in [5, 5.41) is 2.88. The summed E-state index contributed by atoms with van der Waals surface area (Å²) in [4.78, 5) is 25.0. The van der Waals surface area contributed by atoms with E-state index in [-0.39, 0.29) is 17.3 Å². The number of hydrogen-bond donors (Lipinski definition) is 1. The lowest BCUT2D eigenvalue weighted by Gasteiger charge is -2.18. The first-order valence-corrected chi connectivity index (χ1v) is 11.0. The Balaban J connectivity index is 1.71. The molecule has 1 aromatic carbocycles. The Morgan fingerprint density at radius 2 is 2.04 bits per heavy atom. The van der Waals surface area contributed by atoms with Crippen molar-refractivity contribution in [3.63, 3.8) is 0 Å². The molecule has 0 bridgehead atoms. The molecule has 2 aliphatic rings. The molecule has 0 unspecified atom stereocenters. The first-order chi connectivity index (χ1) is 12.7. The van der Waals surface area contributed by atoms with Crippen LogP contribution in [-0.4, -0.2) is 32.5 Å². The molecule has 0 radical (unpaired) electrons. The molecule has 1 aromatic rings. The maximum Gasteiger partial charge on any atom is 0.251 e. The molecule has 3 rings (SSSR count). The average molecular weight is 391 g/mol. The van der Waals surface area contributed by atoms with Gasteiger partial charge in [0.25, 0.3) is 5.91 Å². The zero-order valence-electron chi connectivity index (χ0n) is 15.8. The van der Waals surface area contributed by atoms with E-state index in [2.05, 4.69) is 11.4 Å². The molecule has 146 valence electrons. The van der Waals surface area contributed by atoms with Crippen LogP contribution in [0.25, 0.3) is 0 Å². The molecule has 2 amide bonds. The molecule has 1 aliphatic carbocycles. The van der Waals surface area contributed by atoms with E-state index in [9.17, 15) is 18.0 Å². The molecule has 1 fully saturated rings. The Labute approximate surface area is 160 Å². The van der Waals surface area contributed by atoms with Crippen LogP contribution in [0.2, 0.25) is 0 Å². The summed E-state index contributed by atoms with van der Waals surface area (Å²) < 4.78 is 25.7. The summed E-state index contributed by atoms with van der Waals surface area (Å²) in [6.45, 7) is 3.77. The summed E-state index contributed by atoms with van der Waals surface area (Å²) in [6, 6.07) is 6.23. The van der Waals surface area contributed by atoms with Crippen molar-refractivity contribution in [3.8, 4) is 0 Å². The standard InChI is InChI=1S/C20H26N2O4S/c1-20(2)14-27(25,26)22(19(20)24)17-10-6-9-16(13-17)18(23)21-12-11-15-7-4-3-5-8-15/h6-7,9-10,13H,3-5,8,11-12,14H2,1-2H3,(H,21,23). The highest BCUT2D eigenvalue weighted by Gasteiger charge is 2.49. The lowest BCUT2D eigenvalue weighted by molar-refractivity contribution is -0.123. The summed E-state index contributed by atoms with van der Waals surface area (Å²) in [5.74, 6) is -0.967. The van der Waals surface area contributed by atoms with Gasteiger partial charge in [-0.15, -0.1) is 0 Å². The van der Waals surface area contributed by atoms with Gasteiger partial charge in [0.05, 0.1) is 16.9 Å². The van der Waals surface area contributed by atoms with Crippen LogP contribution in [0.5, 0.6) is 0 Å². The Morgan fingerprint density at radius 3 is 2.67 bits per heavy atom. The predicted octanol–water partition coefficient (Wildman–Crippen LogP) is 3.01. The first-order valence-electron chi connectivity index (χ1n) is 9.34. The topological polar surface area (TPSA) is 83.6 Å². The van der Waals surface area contributed by atoms with Gasteiger partial charge in [0.1, 0.15) is 0 Å². The zero-order valence-corrected chi connectivity index (χ0v) is 16.6. The third-order valence-electron chi connectivity index (χ3n) is 5.04. The summed E-state index contributed by atoms with van der Waals surface area (Å²) >= 11 is 0. The van der Waals surface area contributed by atoms with Crippen molar-refractivity contribution < 1.29 is 18.0 Å². The Kier molecular flexibility index (Phi) is 5.42. The maximum absolute atomic E-state index is 12.5. The quantitative estimate of drug-likeness (QED) is 0.784. The van der Waals surface area contributed by atoms with Gasteiger partial charge >= 0.3 is 0 Å². The Bertz CT molecular complexity index is 887. The first kappa shape index (κ1) is 19.6. The molecule has 0 atom stereocenters. The van der Waals surface area contributed by atoms with Crippen LogP contribution in [0, 0.1) is 5.41 Å². The van der Waals surface area contributed by atoms with Gasteiger partial charge in [0.2, 0.25) is 15.9 Å².